The summed E-state index contributed by atoms with van der Waals surface area (Å²) in [5, 5.41) is 3.51. The van der Waals surface area contributed by atoms with Crippen molar-refractivity contribution in [2.75, 3.05) is 60.7 Å². The Labute approximate surface area is 168 Å². The number of rotatable bonds is 9. The Morgan fingerprint density at radius 2 is 2.07 bits per heavy atom. The molecule has 1 aliphatic rings. The minimum Gasteiger partial charge on any atom is -0.382 e. The number of amides is 1. The molecule has 1 aromatic rings. The minimum absolute atomic E-state index is 0.00897. The average Bonchev–Trinajstić information content (AvgIpc) is 3.17. The largest absolute Gasteiger partial charge is 0.382 e. The first kappa shape index (κ1) is 22.2. The maximum absolute atomic E-state index is 12.0. The van der Waals surface area contributed by atoms with Gasteiger partial charge in [-0.15, -0.1) is 0 Å². The van der Waals surface area contributed by atoms with Crippen LogP contribution in [0.25, 0.3) is 0 Å². The summed E-state index contributed by atoms with van der Waals surface area (Å²) in [5.41, 5.74) is 1.19. The molecule has 0 saturated carbocycles. The van der Waals surface area contributed by atoms with E-state index >= 15 is 0 Å². The molecule has 1 N–H and O–H groups in total. The number of benzene rings is 1. The molecule has 28 heavy (non-hydrogen) atoms. The fraction of sp³-hybridized carbons (Fsp3) is 0.619. The van der Waals surface area contributed by atoms with Gasteiger partial charge in [-0.3, -0.25) is 4.79 Å². The van der Waals surface area contributed by atoms with E-state index in [4.69, 9.17) is 9.47 Å². The van der Waals surface area contributed by atoms with Crippen LogP contribution < -0.4 is 5.32 Å². The van der Waals surface area contributed by atoms with Crippen molar-refractivity contribution >= 4 is 11.9 Å². The van der Waals surface area contributed by atoms with Crippen LogP contribution in [-0.2, 0) is 14.3 Å². The number of ether oxygens (including phenoxy) is 2. The molecule has 2 unspecified atom stereocenters. The maximum Gasteiger partial charge on any atom is 0.243 e. The van der Waals surface area contributed by atoms with Crippen LogP contribution in [0.5, 0.6) is 0 Å². The van der Waals surface area contributed by atoms with Crippen LogP contribution in [0.3, 0.4) is 0 Å². The van der Waals surface area contributed by atoms with Crippen LogP contribution in [0.4, 0.5) is 0 Å². The van der Waals surface area contributed by atoms with E-state index in [1.54, 1.807) is 26.1 Å². The van der Waals surface area contributed by atoms with Crippen LogP contribution in [0, 0.1) is 5.92 Å². The minimum atomic E-state index is -0.00897. The zero-order valence-electron chi connectivity index (χ0n) is 17.6. The number of methoxy groups -OCH3 is 1. The first-order chi connectivity index (χ1) is 13.5. The highest BCUT2D eigenvalue weighted by atomic mass is 16.5. The van der Waals surface area contributed by atoms with Gasteiger partial charge in [0.2, 0.25) is 5.91 Å². The molecule has 0 spiro atoms. The average molecular weight is 391 g/mol. The third-order valence-electron chi connectivity index (χ3n) is 4.88. The van der Waals surface area contributed by atoms with Gasteiger partial charge in [0.05, 0.1) is 25.9 Å². The van der Waals surface area contributed by atoms with E-state index in [1.165, 1.54) is 5.56 Å². The van der Waals surface area contributed by atoms with Crippen molar-refractivity contribution in [3.8, 4) is 0 Å². The first-order valence-electron chi connectivity index (χ1n) is 9.89. The molecular formula is C21H34N4O3. The second-order valence-corrected chi connectivity index (χ2v) is 7.37. The number of likely N-dealkylation sites (N-methyl/N-ethyl adjacent to an activating group) is 1. The lowest BCUT2D eigenvalue weighted by Crippen LogP contribution is -2.42. The molecule has 2 rings (SSSR count). The van der Waals surface area contributed by atoms with Crippen molar-refractivity contribution in [3.05, 3.63) is 35.9 Å². The van der Waals surface area contributed by atoms with E-state index in [2.05, 4.69) is 34.3 Å². The molecule has 0 aliphatic carbocycles. The molecule has 7 heteroatoms. The number of aliphatic imine (C=N–C) groups is 1. The third-order valence-corrected chi connectivity index (χ3v) is 4.88. The van der Waals surface area contributed by atoms with E-state index in [0.717, 1.165) is 32.1 Å². The summed E-state index contributed by atoms with van der Waals surface area (Å²) in [6, 6.07) is 10.4. The monoisotopic (exact) mass is 390 g/mol. The molecular weight excluding hydrogens is 356 g/mol. The molecule has 7 nitrogen and oxygen atoms in total. The Hall–Kier alpha value is -2.12. The van der Waals surface area contributed by atoms with Crippen LogP contribution in [0.1, 0.15) is 24.9 Å². The zero-order chi connectivity index (χ0) is 20.4. The summed E-state index contributed by atoms with van der Waals surface area (Å²) in [4.78, 5) is 20.4. The van der Waals surface area contributed by atoms with Gasteiger partial charge >= 0.3 is 0 Å². The van der Waals surface area contributed by atoms with E-state index in [9.17, 15) is 4.79 Å². The van der Waals surface area contributed by atoms with E-state index in [0.29, 0.717) is 19.1 Å². The molecule has 156 valence electrons. The predicted molar refractivity (Wildman–Crippen MR) is 111 cm³/mol. The lowest BCUT2D eigenvalue weighted by atomic mass is 10.1. The van der Waals surface area contributed by atoms with Crippen LogP contribution >= 0.6 is 0 Å². The quantitative estimate of drug-likeness (QED) is 0.395. The van der Waals surface area contributed by atoms with Gasteiger partial charge in [-0.1, -0.05) is 30.3 Å². The number of likely N-dealkylation sites (tertiary alicyclic amines) is 1. The summed E-state index contributed by atoms with van der Waals surface area (Å²) < 4.78 is 10.7. The van der Waals surface area contributed by atoms with Gasteiger partial charge in [0.15, 0.2) is 5.96 Å². The predicted octanol–water partition coefficient (Wildman–Crippen LogP) is 1.77. The van der Waals surface area contributed by atoms with Gasteiger partial charge in [-0.25, -0.2) is 4.99 Å². The molecule has 2 atom stereocenters. The van der Waals surface area contributed by atoms with Crippen LogP contribution in [-0.4, -0.2) is 82.3 Å². The topological polar surface area (TPSA) is 66.4 Å². The number of carbonyl (C=O) groups is 1. The molecule has 1 fully saturated rings. The van der Waals surface area contributed by atoms with E-state index < -0.39 is 0 Å². The normalized spacial score (nSPS) is 18.2. The summed E-state index contributed by atoms with van der Waals surface area (Å²) in [6.07, 6.45) is 1.05. The summed E-state index contributed by atoms with van der Waals surface area (Å²) in [6.45, 7) is 5.99. The fourth-order valence-electron chi connectivity index (χ4n) is 3.09. The number of carbonyl (C=O) groups excluding carboxylic acids is 1. The number of hydrogen-bond donors (Lipinski definition) is 1. The first-order valence-corrected chi connectivity index (χ1v) is 9.89. The fourth-order valence-corrected chi connectivity index (χ4v) is 3.09. The van der Waals surface area contributed by atoms with Crippen molar-refractivity contribution in [2.45, 2.75) is 19.4 Å². The van der Waals surface area contributed by atoms with Gasteiger partial charge in [0, 0.05) is 40.2 Å². The Balaban J connectivity index is 2.00. The van der Waals surface area contributed by atoms with Gasteiger partial charge < -0.3 is 24.6 Å². The van der Waals surface area contributed by atoms with Gasteiger partial charge in [0.25, 0.3) is 0 Å². The highest BCUT2D eigenvalue weighted by Gasteiger charge is 2.26. The maximum atomic E-state index is 12.0. The number of guanidine groups is 1. The summed E-state index contributed by atoms with van der Waals surface area (Å²) in [5.74, 6) is 1.23. The van der Waals surface area contributed by atoms with Crippen molar-refractivity contribution in [1.82, 2.24) is 15.1 Å². The highest BCUT2D eigenvalue weighted by Crippen LogP contribution is 2.18. The lowest BCUT2D eigenvalue weighted by molar-refractivity contribution is -0.127. The lowest BCUT2D eigenvalue weighted by Gasteiger charge is -2.26. The summed E-state index contributed by atoms with van der Waals surface area (Å²) >= 11 is 0. The van der Waals surface area contributed by atoms with E-state index in [1.807, 2.05) is 18.2 Å². The number of hydrogen-bond acceptors (Lipinski definition) is 4. The van der Waals surface area contributed by atoms with Gasteiger partial charge in [0.1, 0.15) is 6.54 Å². The second kappa shape index (κ2) is 11.7. The molecule has 1 saturated heterocycles. The molecule has 1 heterocycles. The highest BCUT2D eigenvalue weighted by molar-refractivity contribution is 5.85. The molecule has 0 radical (unpaired) electrons. The second-order valence-electron chi connectivity index (χ2n) is 7.37. The molecule has 1 aromatic carbocycles. The third kappa shape index (κ3) is 7.13. The smallest absolute Gasteiger partial charge is 0.243 e. The number of nitrogens with one attached hydrogen (secondary N) is 1. The van der Waals surface area contributed by atoms with Crippen molar-refractivity contribution in [2.24, 2.45) is 10.9 Å². The Bertz CT molecular complexity index is 621. The Morgan fingerprint density at radius 1 is 1.32 bits per heavy atom. The summed E-state index contributed by atoms with van der Waals surface area (Å²) in [7, 11) is 5.18. The Kier molecular flexibility index (Phi) is 9.23. The van der Waals surface area contributed by atoms with Crippen molar-refractivity contribution < 1.29 is 14.3 Å². The Morgan fingerprint density at radius 3 is 2.75 bits per heavy atom. The number of nitrogens with zero attached hydrogens (tertiary/aromatic N) is 3. The SMILES string of the molecule is COCCOCC1CCN(C(=NCC(=O)N(C)C)NC(C)c2ccccc2)C1. The van der Waals surface area contributed by atoms with Crippen molar-refractivity contribution in [3.63, 3.8) is 0 Å². The van der Waals surface area contributed by atoms with Crippen LogP contribution in [0.15, 0.2) is 35.3 Å². The van der Waals surface area contributed by atoms with Gasteiger partial charge in [-0.05, 0) is 18.9 Å². The molecule has 1 aliphatic heterocycles. The van der Waals surface area contributed by atoms with Crippen LogP contribution in [0.2, 0.25) is 0 Å². The van der Waals surface area contributed by atoms with Crippen molar-refractivity contribution in [1.29, 1.82) is 0 Å². The zero-order valence-corrected chi connectivity index (χ0v) is 17.6. The van der Waals surface area contributed by atoms with Gasteiger partial charge in [-0.2, -0.15) is 0 Å². The molecule has 1 amide bonds. The molecule has 0 bridgehead atoms. The standard InChI is InChI=1S/C21H34N4O3/c1-17(19-8-6-5-7-9-19)23-21(22-14-20(26)24(2)3)25-11-10-18(15-25)16-28-13-12-27-4/h5-9,17-18H,10-16H2,1-4H3,(H,22,23). The molecule has 0 aromatic heterocycles. The van der Waals surface area contributed by atoms with E-state index in [-0.39, 0.29) is 18.5 Å².